The van der Waals surface area contributed by atoms with Gasteiger partial charge in [-0.1, -0.05) is 160 Å². The van der Waals surface area contributed by atoms with Crippen LogP contribution in [0.25, 0.3) is 109 Å². The molecule has 0 radical (unpaired) electrons. The summed E-state index contributed by atoms with van der Waals surface area (Å²) < 4.78 is 56.5. The maximum atomic E-state index is 15.1. The number of halogens is 4. The highest BCUT2D eigenvalue weighted by Crippen LogP contribution is 2.50. The average Bonchev–Trinajstić information content (AvgIpc) is 3.29. The number of fused-ring (bicyclic) bond motifs is 8. The highest BCUT2D eigenvalue weighted by molar-refractivity contribution is 6.29. The van der Waals surface area contributed by atoms with Crippen molar-refractivity contribution in [1.29, 1.82) is 0 Å². The maximum absolute atomic E-state index is 15.1. The molecule has 11 aromatic rings. The summed E-state index contributed by atoms with van der Waals surface area (Å²) in [4.78, 5) is 0. The largest absolute Gasteiger partial charge is 0.416 e. The number of rotatable bonds is 4. The molecule has 0 nitrogen and oxygen atoms in total. The second-order valence-corrected chi connectivity index (χ2v) is 17.7. The zero-order valence-corrected chi connectivity index (χ0v) is 34.9. The molecule has 11 aromatic carbocycles. The molecule has 304 valence electrons. The lowest BCUT2D eigenvalue weighted by Crippen LogP contribution is -2.10. The van der Waals surface area contributed by atoms with Gasteiger partial charge in [-0.05, 0) is 169 Å². The van der Waals surface area contributed by atoms with E-state index in [1.807, 2.05) is 24.3 Å². The molecule has 0 spiro atoms. The molecule has 0 aliphatic heterocycles. The second-order valence-electron chi connectivity index (χ2n) is 17.7. The van der Waals surface area contributed by atoms with Crippen molar-refractivity contribution in [2.24, 2.45) is 0 Å². The van der Waals surface area contributed by atoms with Gasteiger partial charge in [0, 0.05) is 0 Å². The molecule has 4 heteroatoms. The number of hydrogen-bond donors (Lipinski definition) is 0. The first kappa shape index (κ1) is 38.6. The minimum Gasteiger partial charge on any atom is -0.207 e. The minimum absolute atomic E-state index is 0.00136. The molecule has 0 saturated carbocycles. The van der Waals surface area contributed by atoms with E-state index in [9.17, 15) is 13.2 Å². The number of benzene rings is 11. The smallest absolute Gasteiger partial charge is 0.207 e. The quantitative estimate of drug-likeness (QED) is 0.0942. The Morgan fingerprint density at radius 3 is 1.24 bits per heavy atom. The molecule has 0 N–H and O–H groups in total. The SMILES string of the molecule is CC(C)(C)c1ccc(-c2ccc3c(-c4cc5ccccc5c5ccccc45)c4cc(-c5ccc(C(F)(F)F)cc5)ccc4c(-c4cc5cc(F)ccc5c5ccccc45)c3c2)cc1. The Bertz CT molecular complexity index is 3630. The summed E-state index contributed by atoms with van der Waals surface area (Å²) in [6, 6.07) is 61.9. The van der Waals surface area contributed by atoms with E-state index in [2.05, 4.69) is 148 Å². The van der Waals surface area contributed by atoms with Gasteiger partial charge in [0.2, 0.25) is 0 Å². The predicted octanol–water partition coefficient (Wildman–Crippen LogP) is 17.7. The third kappa shape index (κ3) is 6.52. The molecule has 0 aromatic heterocycles. The first-order valence-electron chi connectivity index (χ1n) is 21.2. The molecule has 11 rings (SSSR count). The highest BCUT2D eigenvalue weighted by Gasteiger charge is 2.30. The Kier molecular flexibility index (Phi) is 8.82. The number of alkyl halides is 3. The van der Waals surface area contributed by atoms with Crippen LogP contribution < -0.4 is 0 Å². The molecule has 0 aliphatic carbocycles. The third-order valence-corrected chi connectivity index (χ3v) is 12.9. The topological polar surface area (TPSA) is 0 Å². The highest BCUT2D eigenvalue weighted by atomic mass is 19.4. The van der Waals surface area contributed by atoms with E-state index in [0.717, 1.165) is 116 Å². The van der Waals surface area contributed by atoms with E-state index >= 15 is 4.39 Å². The molecule has 0 amide bonds. The maximum Gasteiger partial charge on any atom is 0.416 e. The van der Waals surface area contributed by atoms with E-state index in [-0.39, 0.29) is 11.2 Å². The van der Waals surface area contributed by atoms with Gasteiger partial charge in [0.05, 0.1) is 5.56 Å². The van der Waals surface area contributed by atoms with Crippen LogP contribution in [0.1, 0.15) is 31.9 Å². The van der Waals surface area contributed by atoms with Crippen LogP contribution in [0, 0.1) is 5.82 Å². The molecule has 0 aliphatic rings. The van der Waals surface area contributed by atoms with Gasteiger partial charge in [-0.3, -0.25) is 0 Å². The standard InChI is InChI=1S/C59H40F4/c1-58(2,3)41-22-16-35(17-23-41)37-20-27-50-55(31-37)57(53-34-40-30-43(60)26-29-45(40)47-13-7-9-15-49(47)53)51-28-21-38(36-18-24-42(25-19-36)59(61,62)63)32-54(51)56(50)52-33-39-10-4-5-11-44(39)46-12-6-8-14-48(46)52/h4-34H,1-3H3. The first-order valence-corrected chi connectivity index (χ1v) is 21.2. The summed E-state index contributed by atoms with van der Waals surface area (Å²) in [6.07, 6.45) is -4.45. The minimum atomic E-state index is -4.45. The summed E-state index contributed by atoms with van der Waals surface area (Å²) in [5.74, 6) is -0.306. The lowest BCUT2D eigenvalue weighted by atomic mass is 9.81. The van der Waals surface area contributed by atoms with E-state index in [1.54, 1.807) is 18.2 Å². The molecule has 0 unspecified atom stereocenters. The van der Waals surface area contributed by atoms with Crippen LogP contribution in [0.3, 0.4) is 0 Å². The van der Waals surface area contributed by atoms with E-state index in [1.165, 1.54) is 11.6 Å². The molecule has 0 atom stereocenters. The van der Waals surface area contributed by atoms with E-state index < -0.39 is 11.7 Å². The van der Waals surface area contributed by atoms with Gasteiger partial charge in [-0.25, -0.2) is 4.39 Å². The Morgan fingerprint density at radius 1 is 0.317 bits per heavy atom. The van der Waals surface area contributed by atoms with Gasteiger partial charge in [0.15, 0.2) is 0 Å². The van der Waals surface area contributed by atoms with Crippen molar-refractivity contribution in [3.8, 4) is 44.5 Å². The van der Waals surface area contributed by atoms with Crippen molar-refractivity contribution in [3.63, 3.8) is 0 Å². The normalized spacial score (nSPS) is 12.4. The summed E-state index contributed by atoms with van der Waals surface area (Å²) in [5, 5.41) is 12.3. The van der Waals surface area contributed by atoms with Crippen LogP contribution in [0.4, 0.5) is 17.6 Å². The van der Waals surface area contributed by atoms with Crippen LogP contribution in [0.5, 0.6) is 0 Å². The summed E-state index contributed by atoms with van der Waals surface area (Å²) in [7, 11) is 0. The Morgan fingerprint density at radius 2 is 0.730 bits per heavy atom. The van der Waals surface area contributed by atoms with Gasteiger partial charge in [-0.2, -0.15) is 13.2 Å². The van der Waals surface area contributed by atoms with Crippen molar-refractivity contribution in [2.75, 3.05) is 0 Å². The molecule has 0 fully saturated rings. The van der Waals surface area contributed by atoms with Gasteiger partial charge < -0.3 is 0 Å². The predicted molar refractivity (Wildman–Crippen MR) is 257 cm³/mol. The molecule has 0 bridgehead atoms. The molecule has 0 heterocycles. The van der Waals surface area contributed by atoms with Crippen LogP contribution >= 0.6 is 0 Å². The fourth-order valence-electron chi connectivity index (χ4n) is 9.73. The van der Waals surface area contributed by atoms with Crippen LogP contribution in [-0.2, 0) is 11.6 Å². The second kappa shape index (κ2) is 14.4. The molecule has 63 heavy (non-hydrogen) atoms. The van der Waals surface area contributed by atoms with Gasteiger partial charge >= 0.3 is 6.18 Å². The van der Waals surface area contributed by atoms with Crippen LogP contribution in [0.2, 0.25) is 0 Å². The van der Waals surface area contributed by atoms with Gasteiger partial charge in [0.25, 0.3) is 0 Å². The van der Waals surface area contributed by atoms with Crippen LogP contribution in [0.15, 0.2) is 188 Å². The average molecular weight is 825 g/mol. The first-order chi connectivity index (χ1) is 30.4. The molecular formula is C59H40F4. The van der Waals surface area contributed by atoms with Crippen molar-refractivity contribution in [1.82, 2.24) is 0 Å². The molecule has 0 saturated heterocycles. The zero-order valence-electron chi connectivity index (χ0n) is 34.9. The summed E-state index contributed by atoms with van der Waals surface area (Å²) >= 11 is 0. The summed E-state index contributed by atoms with van der Waals surface area (Å²) in [5.41, 5.74) is 8.27. The van der Waals surface area contributed by atoms with Gasteiger partial charge in [-0.15, -0.1) is 0 Å². The fourth-order valence-corrected chi connectivity index (χ4v) is 9.73. The van der Waals surface area contributed by atoms with Crippen molar-refractivity contribution in [2.45, 2.75) is 32.4 Å². The fraction of sp³-hybridized carbons (Fsp3) is 0.0847. The zero-order chi connectivity index (χ0) is 43.2. The molecular weight excluding hydrogens is 785 g/mol. The lowest BCUT2D eigenvalue weighted by molar-refractivity contribution is -0.137. The van der Waals surface area contributed by atoms with Crippen molar-refractivity contribution >= 4 is 64.6 Å². The summed E-state index contributed by atoms with van der Waals surface area (Å²) in [6.45, 7) is 6.66. The van der Waals surface area contributed by atoms with Gasteiger partial charge in [0.1, 0.15) is 5.82 Å². The Labute approximate surface area is 362 Å². The Hall–Kier alpha value is -7.30. The Balaban J connectivity index is 1.32. The van der Waals surface area contributed by atoms with E-state index in [0.29, 0.717) is 5.56 Å². The van der Waals surface area contributed by atoms with Crippen molar-refractivity contribution in [3.05, 3.63) is 205 Å². The van der Waals surface area contributed by atoms with Crippen LogP contribution in [-0.4, -0.2) is 0 Å². The van der Waals surface area contributed by atoms with Crippen molar-refractivity contribution < 1.29 is 17.6 Å². The third-order valence-electron chi connectivity index (χ3n) is 12.9. The van der Waals surface area contributed by atoms with E-state index in [4.69, 9.17) is 0 Å². The monoisotopic (exact) mass is 824 g/mol. The number of hydrogen-bond acceptors (Lipinski definition) is 0. The lowest BCUT2D eigenvalue weighted by Gasteiger charge is -2.22.